The fraction of sp³-hybridized carbons (Fsp3) is 0.214. The number of methoxy groups -OCH3 is 2. The number of hydrogen-bond acceptors (Lipinski definition) is 6. The molecule has 0 radical (unpaired) electrons. The summed E-state index contributed by atoms with van der Waals surface area (Å²) in [4.78, 5) is 11.6. The molecule has 0 unspecified atom stereocenters. The monoisotopic (exact) mass is 278 g/mol. The molecule has 1 aromatic heterocycles. The van der Waals surface area contributed by atoms with Crippen molar-refractivity contribution < 1.29 is 24.1 Å². The summed E-state index contributed by atoms with van der Waals surface area (Å²) >= 11 is 0. The van der Waals surface area contributed by atoms with Crippen molar-refractivity contribution in [3.05, 3.63) is 34.2 Å². The van der Waals surface area contributed by atoms with E-state index in [4.69, 9.17) is 13.9 Å². The molecule has 0 fully saturated rings. The van der Waals surface area contributed by atoms with Gasteiger partial charge in [-0.15, -0.1) is 0 Å². The molecular formula is C14H14O6. The third-order valence-electron chi connectivity index (χ3n) is 2.79. The Kier molecular flexibility index (Phi) is 3.56. The van der Waals surface area contributed by atoms with Gasteiger partial charge in [0.2, 0.25) is 16.9 Å². The Labute approximate surface area is 114 Å². The molecule has 2 N–H and O–H groups in total. The number of aryl methyl sites for hydroxylation is 1. The van der Waals surface area contributed by atoms with Gasteiger partial charge in [-0.3, -0.25) is 4.79 Å². The number of phenolic OH excluding ortho intramolecular Hbond substituents is 1. The van der Waals surface area contributed by atoms with Gasteiger partial charge in [-0.25, -0.2) is 0 Å². The van der Waals surface area contributed by atoms with Crippen LogP contribution < -0.4 is 14.9 Å². The van der Waals surface area contributed by atoms with E-state index in [1.807, 2.05) is 0 Å². The number of phenols is 1. The molecule has 2 rings (SSSR count). The molecule has 20 heavy (non-hydrogen) atoms. The topological polar surface area (TPSA) is 89.1 Å². The molecule has 6 heteroatoms. The summed E-state index contributed by atoms with van der Waals surface area (Å²) in [5, 5.41) is 19.7. The second-order valence-corrected chi connectivity index (χ2v) is 4.13. The van der Waals surface area contributed by atoms with Gasteiger partial charge < -0.3 is 24.1 Å². The minimum absolute atomic E-state index is 0.00778. The van der Waals surface area contributed by atoms with Crippen LogP contribution in [0.1, 0.15) is 5.76 Å². The van der Waals surface area contributed by atoms with Gasteiger partial charge in [-0.1, -0.05) is 0 Å². The average molecular weight is 278 g/mol. The lowest BCUT2D eigenvalue weighted by molar-refractivity contribution is 0.340. The van der Waals surface area contributed by atoms with E-state index in [1.165, 1.54) is 32.4 Å². The Balaban J connectivity index is 2.73. The van der Waals surface area contributed by atoms with Gasteiger partial charge >= 0.3 is 0 Å². The van der Waals surface area contributed by atoms with E-state index in [1.54, 1.807) is 6.92 Å². The molecule has 0 amide bonds. The maximum absolute atomic E-state index is 11.6. The van der Waals surface area contributed by atoms with Crippen molar-refractivity contribution in [1.29, 1.82) is 0 Å². The van der Waals surface area contributed by atoms with E-state index >= 15 is 0 Å². The Hall–Kier alpha value is -2.63. The molecule has 0 aliphatic heterocycles. The quantitative estimate of drug-likeness (QED) is 0.893. The maximum atomic E-state index is 11.6. The largest absolute Gasteiger partial charge is 0.502 e. The molecule has 1 heterocycles. The van der Waals surface area contributed by atoms with Crippen LogP contribution in [0, 0.1) is 6.92 Å². The minimum Gasteiger partial charge on any atom is -0.502 e. The highest BCUT2D eigenvalue weighted by Gasteiger charge is 2.17. The van der Waals surface area contributed by atoms with E-state index in [-0.39, 0.29) is 23.0 Å². The van der Waals surface area contributed by atoms with Gasteiger partial charge in [0, 0.05) is 11.6 Å². The van der Waals surface area contributed by atoms with Gasteiger partial charge in [0.15, 0.2) is 17.3 Å². The second kappa shape index (κ2) is 5.16. The molecule has 106 valence electrons. The van der Waals surface area contributed by atoms with Crippen LogP contribution in [0.2, 0.25) is 0 Å². The number of benzene rings is 1. The minimum atomic E-state index is -0.547. The first kappa shape index (κ1) is 13.8. The SMILES string of the molecule is COc1cc(-c2oc(C)cc(=O)c2O)cc(OC)c1O. The fourth-order valence-electron chi connectivity index (χ4n) is 1.82. The van der Waals surface area contributed by atoms with Crippen LogP contribution in [0.5, 0.6) is 23.0 Å². The van der Waals surface area contributed by atoms with Gasteiger partial charge in [0.05, 0.1) is 14.2 Å². The van der Waals surface area contributed by atoms with E-state index < -0.39 is 11.2 Å². The molecule has 0 aliphatic rings. The molecular weight excluding hydrogens is 264 g/mol. The Morgan fingerprint density at radius 2 is 1.55 bits per heavy atom. The van der Waals surface area contributed by atoms with Crippen LogP contribution in [0.25, 0.3) is 11.3 Å². The zero-order valence-electron chi connectivity index (χ0n) is 11.3. The number of aromatic hydroxyl groups is 2. The average Bonchev–Trinajstić information content (AvgIpc) is 2.43. The van der Waals surface area contributed by atoms with Gasteiger partial charge in [0.1, 0.15) is 5.76 Å². The first-order valence-corrected chi connectivity index (χ1v) is 5.77. The van der Waals surface area contributed by atoms with Crippen molar-refractivity contribution in [1.82, 2.24) is 0 Å². The van der Waals surface area contributed by atoms with Crippen LogP contribution in [-0.2, 0) is 0 Å². The summed E-state index contributed by atoms with van der Waals surface area (Å²) < 4.78 is 15.4. The third kappa shape index (κ3) is 2.27. The Bertz CT molecular complexity index is 676. The van der Waals surface area contributed by atoms with Crippen molar-refractivity contribution in [2.45, 2.75) is 6.92 Å². The fourth-order valence-corrected chi connectivity index (χ4v) is 1.82. The lowest BCUT2D eigenvalue weighted by Crippen LogP contribution is -2.01. The summed E-state index contributed by atoms with van der Waals surface area (Å²) in [6.45, 7) is 1.60. The Morgan fingerprint density at radius 1 is 1.00 bits per heavy atom. The zero-order valence-corrected chi connectivity index (χ0v) is 11.3. The maximum Gasteiger partial charge on any atom is 0.227 e. The van der Waals surface area contributed by atoms with Crippen LogP contribution in [0.4, 0.5) is 0 Å². The Morgan fingerprint density at radius 3 is 2.05 bits per heavy atom. The van der Waals surface area contributed by atoms with Crippen LogP contribution >= 0.6 is 0 Å². The summed E-state index contributed by atoms with van der Waals surface area (Å²) in [6.07, 6.45) is 0. The standard InChI is InChI=1S/C14H14O6/c1-7-4-9(15)12(16)14(20-7)8-5-10(18-2)13(17)11(6-8)19-3/h4-6,16-17H,1-3H3. The van der Waals surface area contributed by atoms with E-state index in [2.05, 4.69) is 0 Å². The molecule has 0 saturated heterocycles. The van der Waals surface area contributed by atoms with Crippen molar-refractivity contribution in [2.24, 2.45) is 0 Å². The summed E-state index contributed by atoms with van der Waals surface area (Å²) in [7, 11) is 2.76. The first-order chi connectivity index (χ1) is 9.47. The number of rotatable bonds is 3. The van der Waals surface area contributed by atoms with E-state index in [0.29, 0.717) is 11.3 Å². The molecule has 2 aromatic rings. The molecule has 0 bridgehead atoms. The van der Waals surface area contributed by atoms with E-state index in [9.17, 15) is 15.0 Å². The zero-order chi connectivity index (χ0) is 14.9. The van der Waals surface area contributed by atoms with Crippen LogP contribution in [-0.4, -0.2) is 24.4 Å². The summed E-state index contributed by atoms with van der Waals surface area (Å²) in [6, 6.07) is 4.07. The highest BCUT2D eigenvalue weighted by atomic mass is 16.5. The van der Waals surface area contributed by atoms with Crippen molar-refractivity contribution in [3.8, 4) is 34.3 Å². The summed E-state index contributed by atoms with van der Waals surface area (Å²) in [5.74, 6) is -0.0511. The predicted octanol–water partition coefficient (Wildman–Crippen LogP) is 2.04. The van der Waals surface area contributed by atoms with Gasteiger partial charge in [-0.2, -0.15) is 0 Å². The molecule has 6 nitrogen and oxygen atoms in total. The highest BCUT2D eigenvalue weighted by Crippen LogP contribution is 2.41. The smallest absolute Gasteiger partial charge is 0.227 e. The van der Waals surface area contributed by atoms with Gasteiger partial charge in [0.25, 0.3) is 0 Å². The molecule has 0 spiro atoms. The lowest BCUT2D eigenvalue weighted by Gasteiger charge is -2.11. The predicted molar refractivity (Wildman–Crippen MR) is 71.6 cm³/mol. The highest BCUT2D eigenvalue weighted by molar-refractivity contribution is 5.70. The van der Waals surface area contributed by atoms with Gasteiger partial charge in [-0.05, 0) is 19.1 Å². The first-order valence-electron chi connectivity index (χ1n) is 5.77. The number of ether oxygens (including phenoxy) is 2. The number of hydrogen-bond donors (Lipinski definition) is 2. The van der Waals surface area contributed by atoms with Crippen molar-refractivity contribution >= 4 is 0 Å². The molecule has 1 aromatic carbocycles. The van der Waals surface area contributed by atoms with Crippen LogP contribution in [0.15, 0.2) is 27.4 Å². The molecule has 0 atom stereocenters. The van der Waals surface area contributed by atoms with Crippen molar-refractivity contribution in [3.63, 3.8) is 0 Å². The normalized spacial score (nSPS) is 10.3. The molecule has 0 aliphatic carbocycles. The lowest BCUT2D eigenvalue weighted by atomic mass is 10.1. The summed E-state index contributed by atoms with van der Waals surface area (Å²) in [5.41, 5.74) is -0.190. The third-order valence-corrected chi connectivity index (χ3v) is 2.79. The molecule has 0 saturated carbocycles. The van der Waals surface area contributed by atoms with E-state index in [0.717, 1.165) is 0 Å². The van der Waals surface area contributed by atoms with Crippen molar-refractivity contribution in [2.75, 3.05) is 14.2 Å². The second-order valence-electron chi connectivity index (χ2n) is 4.13. The van der Waals surface area contributed by atoms with Crippen LogP contribution in [0.3, 0.4) is 0 Å².